The van der Waals surface area contributed by atoms with Gasteiger partial charge in [0, 0.05) is 26.2 Å². The number of rotatable bonds is 4. The van der Waals surface area contributed by atoms with Crippen molar-refractivity contribution in [2.24, 2.45) is 0 Å². The molecule has 1 aliphatic rings. The van der Waals surface area contributed by atoms with Crippen molar-refractivity contribution in [1.82, 2.24) is 15.1 Å². The lowest BCUT2D eigenvalue weighted by molar-refractivity contribution is -0.139. The van der Waals surface area contributed by atoms with E-state index in [1.807, 2.05) is 13.0 Å². The summed E-state index contributed by atoms with van der Waals surface area (Å²) in [6, 6.07) is 8.72. The van der Waals surface area contributed by atoms with Gasteiger partial charge in [0.15, 0.2) is 11.8 Å². The van der Waals surface area contributed by atoms with Gasteiger partial charge >= 0.3 is 12.0 Å². The van der Waals surface area contributed by atoms with Crippen LogP contribution >= 0.6 is 0 Å². The molecule has 148 valence electrons. The highest BCUT2D eigenvalue weighted by atomic mass is 16.4. The van der Waals surface area contributed by atoms with Gasteiger partial charge in [0.1, 0.15) is 0 Å². The Balaban J connectivity index is 1.64. The van der Waals surface area contributed by atoms with Crippen LogP contribution in [0.15, 0.2) is 47.1 Å². The summed E-state index contributed by atoms with van der Waals surface area (Å²) in [7, 11) is 0. The van der Waals surface area contributed by atoms with Crippen LogP contribution in [0.1, 0.15) is 34.1 Å². The maximum Gasteiger partial charge on any atom is 0.330 e. The van der Waals surface area contributed by atoms with Crippen LogP contribution in [0.25, 0.3) is 0 Å². The van der Waals surface area contributed by atoms with Gasteiger partial charge in [0.05, 0.1) is 6.26 Å². The highest BCUT2D eigenvalue weighted by Gasteiger charge is 2.28. The predicted octanol–water partition coefficient (Wildman–Crippen LogP) is 2.27. The van der Waals surface area contributed by atoms with Gasteiger partial charge in [-0.05, 0) is 31.0 Å². The number of hydrogen-bond donors (Lipinski definition) is 2. The zero-order chi connectivity index (χ0) is 20.1. The normalized spacial score (nSPS) is 15.6. The first-order valence-electron chi connectivity index (χ1n) is 9.13. The zero-order valence-corrected chi connectivity index (χ0v) is 15.6. The van der Waals surface area contributed by atoms with E-state index in [0.29, 0.717) is 38.2 Å². The van der Waals surface area contributed by atoms with Crippen LogP contribution in [0, 0.1) is 6.92 Å². The molecule has 0 saturated carbocycles. The van der Waals surface area contributed by atoms with Gasteiger partial charge in [-0.1, -0.05) is 29.8 Å². The van der Waals surface area contributed by atoms with Crippen LogP contribution in [0.3, 0.4) is 0 Å². The third kappa shape index (κ3) is 4.51. The minimum Gasteiger partial charge on any atom is -0.479 e. The fraction of sp³-hybridized carbons (Fsp3) is 0.350. The molecule has 0 aliphatic carbocycles. The van der Waals surface area contributed by atoms with Gasteiger partial charge < -0.3 is 24.6 Å². The second kappa shape index (κ2) is 8.60. The van der Waals surface area contributed by atoms with Crippen LogP contribution in [0.2, 0.25) is 0 Å². The molecular formula is C20H23N3O5. The van der Waals surface area contributed by atoms with E-state index in [4.69, 9.17) is 4.42 Å². The Hall–Kier alpha value is -3.29. The van der Waals surface area contributed by atoms with Crippen molar-refractivity contribution in [2.45, 2.75) is 19.4 Å². The molecule has 0 spiro atoms. The lowest BCUT2D eigenvalue weighted by Gasteiger charge is -2.24. The predicted molar refractivity (Wildman–Crippen MR) is 101 cm³/mol. The lowest BCUT2D eigenvalue weighted by Crippen LogP contribution is -2.45. The second-order valence-corrected chi connectivity index (χ2v) is 6.74. The van der Waals surface area contributed by atoms with E-state index >= 15 is 0 Å². The third-order valence-electron chi connectivity index (χ3n) is 4.69. The Bertz CT molecular complexity index is 849. The van der Waals surface area contributed by atoms with E-state index in [-0.39, 0.29) is 11.7 Å². The number of urea groups is 1. The van der Waals surface area contributed by atoms with E-state index in [1.54, 1.807) is 40.1 Å². The molecule has 1 fully saturated rings. The summed E-state index contributed by atoms with van der Waals surface area (Å²) in [4.78, 5) is 39.9. The number of carbonyl (C=O) groups excluding carboxylic acids is 2. The molecular weight excluding hydrogens is 362 g/mol. The number of carbonyl (C=O) groups is 3. The number of hydrogen-bond acceptors (Lipinski definition) is 4. The molecule has 28 heavy (non-hydrogen) atoms. The minimum absolute atomic E-state index is 0.213. The summed E-state index contributed by atoms with van der Waals surface area (Å²) in [5.41, 5.74) is 1.44. The second-order valence-electron chi connectivity index (χ2n) is 6.74. The maximum atomic E-state index is 12.7. The Morgan fingerprint density at radius 1 is 1.07 bits per heavy atom. The van der Waals surface area contributed by atoms with Crippen molar-refractivity contribution in [2.75, 3.05) is 26.2 Å². The summed E-state index contributed by atoms with van der Waals surface area (Å²) < 4.78 is 5.15. The van der Waals surface area contributed by atoms with E-state index < -0.39 is 18.0 Å². The van der Waals surface area contributed by atoms with Crippen LogP contribution in [-0.2, 0) is 4.79 Å². The van der Waals surface area contributed by atoms with Gasteiger partial charge in [-0.15, -0.1) is 0 Å². The standard InChI is InChI=1S/C20H23N3O5/c1-14-5-2-6-15(13-14)17(19(25)26)21-20(27)23-9-4-8-22(10-11-23)18(24)16-7-3-12-28-16/h2-3,5-7,12-13,17H,4,8-11H2,1H3,(H,21,27)(H,25,26)/t17-/m0/s1. The van der Waals surface area contributed by atoms with E-state index in [9.17, 15) is 19.5 Å². The van der Waals surface area contributed by atoms with Crippen molar-refractivity contribution in [3.63, 3.8) is 0 Å². The van der Waals surface area contributed by atoms with E-state index in [0.717, 1.165) is 5.56 Å². The average Bonchev–Trinajstić information content (AvgIpc) is 3.09. The van der Waals surface area contributed by atoms with Crippen LogP contribution < -0.4 is 5.32 Å². The van der Waals surface area contributed by atoms with E-state index in [1.165, 1.54) is 6.26 Å². The van der Waals surface area contributed by atoms with Crippen LogP contribution in [-0.4, -0.2) is 59.0 Å². The highest BCUT2D eigenvalue weighted by Crippen LogP contribution is 2.16. The summed E-state index contributed by atoms with van der Waals surface area (Å²) in [5.74, 6) is -1.07. The average molecular weight is 385 g/mol. The molecule has 1 saturated heterocycles. The largest absolute Gasteiger partial charge is 0.479 e. The van der Waals surface area contributed by atoms with E-state index in [2.05, 4.69) is 5.32 Å². The molecule has 8 heteroatoms. The first-order valence-corrected chi connectivity index (χ1v) is 9.13. The number of furan rings is 1. The number of carboxylic acids is 1. The van der Waals surface area contributed by atoms with Gasteiger partial charge in [0.2, 0.25) is 0 Å². The molecule has 0 radical (unpaired) electrons. The fourth-order valence-corrected chi connectivity index (χ4v) is 3.23. The summed E-state index contributed by atoms with van der Waals surface area (Å²) >= 11 is 0. The quantitative estimate of drug-likeness (QED) is 0.840. The molecule has 1 aromatic heterocycles. The number of aryl methyl sites for hydroxylation is 1. The number of amides is 3. The smallest absolute Gasteiger partial charge is 0.330 e. The first-order chi connectivity index (χ1) is 13.5. The Labute approximate surface area is 162 Å². The summed E-state index contributed by atoms with van der Waals surface area (Å²) in [6.45, 7) is 3.48. The van der Waals surface area contributed by atoms with Crippen LogP contribution in [0.4, 0.5) is 4.79 Å². The summed E-state index contributed by atoms with van der Waals surface area (Å²) in [5, 5.41) is 12.1. The number of nitrogens with zero attached hydrogens (tertiary/aromatic N) is 2. The van der Waals surface area contributed by atoms with Crippen molar-refractivity contribution in [1.29, 1.82) is 0 Å². The van der Waals surface area contributed by atoms with Crippen molar-refractivity contribution >= 4 is 17.9 Å². The number of benzene rings is 1. The topological polar surface area (TPSA) is 103 Å². The minimum atomic E-state index is -1.13. The molecule has 1 atom stereocenters. The molecule has 2 heterocycles. The molecule has 2 aromatic rings. The van der Waals surface area contributed by atoms with Gasteiger partial charge in [-0.2, -0.15) is 0 Å². The Morgan fingerprint density at radius 2 is 1.82 bits per heavy atom. The molecule has 0 bridgehead atoms. The molecule has 3 rings (SSSR count). The zero-order valence-electron chi connectivity index (χ0n) is 15.6. The molecule has 3 amide bonds. The summed E-state index contributed by atoms with van der Waals surface area (Å²) in [6.07, 6.45) is 2.05. The fourth-order valence-electron chi connectivity index (χ4n) is 3.23. The SMILES string of the molecule is Cc1cccc([C@H](NC(=O)N2CCCN(C(=O)c3ccco3)CC2)C(=O)O)c1. The Morgan fingerprint density at radius 3 is 2.50 bits per heavy atom. The van der Waals surface area contributed by atoms with Crippen molar-refractivity contribution in [3.05, 3.63) is 59.5 Å². The molecule has 1 aliphatic heterocycles. The number of carboxylic acid groups (broad SMARTS) is 1. The third-order valence-corrected chi connectivity index (χ3v) is 4.69. The van der Waals surface area contributed by atoms with Gasteiger partial charge in [-0.3, -0.25) is 4.79 Å². The maximum absolute atomic E-state index is 12.7. The van der Waals surface area contributed by atoms with Crippen LogP contribution in [0.5, 0.6) is 0 Å². The van der Waals surface area contributed by atoms with Gasteiger partial charge in [-0.25, -0.2) is 9.59 Å². The molecule has 2 N–H and O–H groups in total. The number of nitrogens with one attached hydrogen (secondary N) is 1. The van der Waals surface area contributed by atoms with Gasteiger partial charge in [0.25, 0.3) is 5.91 Å². The first kappa shape index (κ1) is 19.5. The monoisotopic (exact) mass is 385 g/mol. The number of aliphatic carboxylic acids is 1. The molecule has 0 unspecified atom stereocenters. The highest BCUT2D eigenvalue weighted by molar-refractivity contribution is 5.91. The van der Waals surface area contributed by atoms with Crippen molar-refractivity contribution in [3.8, 4) is 0 Å². The Kier molecular flexibility index (Phi) is 5.98. The lowest BCUT2D eigenvalue weighted by atomic mass is 10.0. The van der Waals surface area contributed by atoms with Crippen molar-refractivity contribution < 1.29 is 23.9 Å². The molecule has 1 aromatic carbocycles. The molecule has 8 nitrogen and oxygen atoms in total.